The molecule has 1 amide bonds. The number of carbonyl (C=O) groups excluding carboxylic acids is 1. The van der Waals surface area contributed by atoms with Gasteiger partial charge < -0.3 is 15.1 Å². The van der Waals surface area contributed by atoms with Gasteiger partial charge in [0.25, 0.3) is 5.69 Å². The summed E-state index contributed by atoms with van der Waals surface area (Å²) in [6, 6.07) is 6.79. The molecule has 0 aliphatic heterocycles. The summed E-state index contributed by atoms with van der Waals surface area (Å²) in [5.74, 6) is 0.773. The van der Waals surface area contributed by atoms with Crippen LogP contribution in [0.1, 0.15) is 45.1 Å². The van der Waals surface area contributed by atoms with E-state index >= 15 is 0 Å². The zero-order valence-corrected chi connectivity index (χ0v) is 19.8. The van der Waals surface area contributed by atoms with Crippen molar-refractivity contribution >= 4 is 41.5 Å². The van der Waals surface area contributed by atoms with Crippen molar-refractivity contribution in [3.63, 3.8) is 0 Å². The van der Waals surface area contributed by atoms with E-state index in [2.05, 4.69) is 10.3 Å². The van der Waals surface area contributed by atoms with Crippen molar-refractivity contribution in [2.45, 2.75) is 52.1 Å². The largest absolute Gasteiger partial charge is 0.353 e. The van der Waals surface area contributed by atoms with E-state index in [1.165, 1.54) is 25.0 Å². The molecule has 1 aliphatic carbocycles. The fourth-order valence-electron chi connectivity index (χ4n) is 3.37. The predicted molar refractivity (Wildman–Crippen MR) is 126 cm³/mol. The zero-order valence-electron chi connectivity index (χ0n) is 17.5. The van der Waals surface area contributed by atoms with Gasteiger partial charge in [0, 0.05) is 38.3 Å². The van der Waals surface area contributed by atoms with E-state index in [0.29, 0.717) is 31.6 Å². The molecule has 0 unspecified atom stereocenters. The van der Waals surface area contributed by atoms with Crippen molar-refractivity contribution in [2.24, 2.45) is 4.99 Å². The van der Waals surface area contributed by atoms with Crippen molar-refractivity contribution in [1.82, 2.24) is 15.1 Å². The van der Waals surface area contributed by atoms with E-state index in [1.54, 1.807) is 17.0 Å². The van der Waals surface area contributed by atoms with Crippen LogP contribution in [0, 0.1) is 10.1 Å². The summed E-state index contributed by atoms with van der Waals surface area (Å²) in [7, 11) is 1.87. The van der Waals surface area contributed by atoms with E-state index in [4.69, 9.17) is 0 Å². The maximum atomic E-state index is 12.5. The summed E-state index contributed by atoms with van der Waals surface area (Å²) in [5, 5.41) is 14.3. The molecule has 1 fully saturated rings. The standard InChI is InChI=1S/C20H31N5O3.HI/c1-4-24(5-2)19(26)15-23(3)20(22-17-8-6-7-9-17)21-14-16-10-12-18(13-11-16)25(27)28;/h10-13,17H,4-9,14-15H2,1-3H3,(H,21,22);1H. The average Bonchev–Trinajstić information content (AvgIpc) is 3.19. The topological polar surface area (TPSA) is 91.1 Å². The number of guanidine groups is 1. The molecule has 1 aliphatic rings. The summed E-state index contributed by atoms with van der Waals surface area (Å²) >= 11 is 0. The third-order valence-corrected chi connectivity index (χ3v) is 5.10. The Morgan fingerprint density at radius 3 is 2.31 bits per heavy atom. The van der Waals surface area contributed by atoms with Crippen LogP contribution in [0.15, 0.2) is 29.3 Å². The number of hydrogen-bond acceptors (Lipinski definition) is 4. The molecule has 1 saturated carbocycles. The number of likely N-dealkylation sites (N-methyl/N-ethyl adjacent to an activating group) is 2. The predicted octanol–water partition coefficient (Wildman–Crippen LogP) is 3.40. The second-order valence-corrected chi connectivity index (χ2v) is 7.11. The number of rotatable bonds is 8. The highest BCUT2D eigenvalue weighted by molar-refractivity contribution is 14.0. The quantitative estimate of drug-likeness (QED) is 0.188. The molecule has 0 spiro atoms. The number of aliphatic imine (C=N–C) groups is 1. The molecule has 0 radical (unpaired) electrons. The van der Waals surface area contributed by atoms with E-state index in [1.807, 2.05) is 25.8 Å². The molecule has 1 aromatic rings. The van der Waals surface area contributed by atoms with Crippen LogP contribution in [0.2, 0.25) is 0 Å². The van der Waals surface area contributed by atoms with E-state index in [9.17, 15) is 14.9 Å². The molecular formula is C20H32IN5O3. The van der Waals surface area contributed by atoms with Crippen LogP contribution >= 0.6 is 24.0 Å². The van der Waals surface area contributed by atoms with E-state index in [-0.39, 0.29) is 42.1 Å². The second-order valence-electron chi connectivity index (χ2n) is 7.11. The molecule has 0 saturated heterocycles. The summed E-state index contributed by atoms with van der Waals surface area (Å²) < 4.78 is 0. The Balaban J connectivity index is 0.00000420. The van der Waals surface area contributed by atoms with E-state index < -0.39 is 4.92 Å². The van der Waals surface area contributed by atoms with Gasteiger partial charge in [-0.2, -0.15) is 0 Å². The van der Waals surface area contributed by atoms with Gasteiger partial charge >= 0.3 is 0 Å². The summed E-state index contributed by atoms with van der Waals surface area (Å²) in [4.78, 5) is 31.2. The molecule has 0 atom stereocenters. The van der Waals surface area contributed by atoms with Crippen LogP contribution in [0.5, 0.6) is 0 Å². The Labute approximate surface area is 189 Å². The minimum absolute atomic E-state index is 0. The van der Waals surface area contributed by atoms with Gasteiger partial charge in [0.1, 0.15) is 0 Å². The molecule has 1 N–H and O–H groups in total. The third kappa shape index (κ3) is 7.79. The van der Waals surface area contributed by atoms with Crippen LogP contribution in [-0.4, -0.2) is 59.3 Å². The molecular weight excluding hydrogens is 485 g/mol. The molecule has 9 heteroatoms. The number of hydrogen-bond donors (Lipinski definition) is 1. The van der Waals surface area contributed by atoms with Gasteiger partial charge in [-0.05, 0) is 32.3 Å². The molecule has 29 heavy (non-hydrogen) atoms. The summed E-state index contributed by atoms with van der Waals surface area (Å²) in [6.45, 7) is 5.99. The lowest BCUT2D eigenvalue weighted by atomic mass is 10.2. The summed E-state index contributed by atoms with van der Waals surface area (Å²) in [5.41, 5.74) is 0.957. The smallest absolute Gasteiger partial charge is 0.269 e. The molecule has 162 valence electrons. The number of non-ortho nitro benzene ring substituents is 1. The number of nitro groups is 1. The number of nitrogens with one attached hydrogen (secondary N) is 1. The van der Waals surface area contributed by atoms with Crippen molar-refractivity contribution in [1.29, 1.82) is 0 Å². The molecule has 0 bridgehead atoms. The van der Waals surface area contributed by atoms with Gasteiger partial charge in [-0.3, -0.25) is 14.9 Å². The number of nitrogens with zero attached hydrogens (tertiary/aromatic N) is 4. The normalized spacial score (nSPS) is 14.2. The van der Waals surface area contributed by atoms with Crippen LogP contribution in [0.25, 0.3) is 0 Å². The highest BCUT2D eigenvalue weighted by Gasteiger charge is 2.20. The third-order valence-electron chi connectivity index (χ3n) is 5.10. The zero-order chi connectivity index (χ0) is 20.5. The first-order valence-corrected chi connectivity index (χ1v) is 9.97. The van der Waals surface area contributed by atoms with Gasteiger partial charge in [0.05, 0.1) is 18.0 Å². The number of benzene rings is 1. The van der Waals surface area contributed by atoms with Gasteiger partial charge in [0.2, 0.25) is 5.91 Å². The number of carbonyl (C=O) groups is 1. The number of nitro benzene ring substituents is 1. The van der Waals surface area contributed by atoms with Crippen molar-refractivity contribution in [3.8, 4) is 0 Å². The van der Waals surface area contributed by atoms with Gasteiger partial charge in [-0.15, -0.1) is 24.0 Å². The van der Waals surface area contributed by atoms with Crippen molar-refractivity contribution in [3.05, 3.63) is 39.9 Å². The lowest BCUT2D eigenvalue weighted by Crippen LogP contribution is -2.48. The lowest BCUT2D eigenvalue weighted by molar-refractivity contribution is -0.384. The minimum Gasteiger partial charge on any atom is -0.353 e. The summed E-state index contributed by atoms with van der Waals surface area (Å²) in [6.07, 6.45) is 4.62. The first-order chi connectivity index (χ1) is 13.4. The minimum atomic E-state index is -0.410. The fourth-order valence-corrected chi connectivity index (χ4v) is 3.37. The Morgan fingerprint density at radius 1 is 1.21 bits per heavy atom. The lowest BCUT2D eigenvalue weighted by Gasteiger charge is -2.27. The first-order valence-electron chi connectivity index (χ1n) is 9.97. The Hall–Kier alpha value is -1.91. The maximum absolute atomic E-state index is 12.5. The second kappa shape index (κ2) is 12.6. The first kappa shape index (κ1) is 25.1. The highest BCUT2D eigenvalue weighted by Crippen LogP contribution is 2.18. The van der Waals surface area contributed by atoms with Gasteiger partial charge in [0.15, 0.2) is 5.96 Å². The average molecular weight is 517 g/mol. The Bertz CT molecular complexity index is 686. The maximum Gasteiger partial charge on any atom is 0.269 e. The molecule has 2 rings (SSSR count). The van der Waals surface area contributed by atoms with Crippen LogP contribution in [0.3, 0.4) is 0 Å². The molecule has 8 nitrogen and oxygen atoms in total. The molecule has 1 aromatic carbocycles. The van der Waals surface area contributed by atoms with Gasteiger partial charge in [-0.1, -0.05) is 25.0 Å². The monoisotopic (exact) mass is 517 g/mol. The molecule has 0 heterocycles. The highest BCUT2D eigenvalue weighted by atomic mass is 127. The SMILES string of the molecule is CCN(CC)C(=O)CN(C)C(=NCc1ccc([N+](=O)[O-])cc1)NC1CCCC1.I. The van der Waals surface area contributed by atoms with Crippen LogP contribution < -0.4 is 5.32 Å². The Morgan fingerprint density at radius 2 is 1.79 bits per heavy atom. The van der Waals surface area contributed by atoms with Gasteiger partial charge in [-0.25, -0.2) is 4.99 Å². The fraction of sp³-hybridized carbons (Fsp3) is 0.600. The van der Waals surface area contributed by atoms with E-state index in [0.717, 1.165) is 18.4 Å². The number of amides is 1. The molecule has 0 aromatic heterocycles. The van der Waals surface area contributed by atoms with Crippen molar-refractivity contribution in [2.75, 3.05) is 26.7 Å². The van der Waals surface area contributed by atoms with Crippen LogP contribution in [-0.2, 0) is 11.3 Å². The Kier molecular flexibility index (Phi) is 10.9. The van der Waals surface area contributed by atoms with Crippen LogP contribution in [0.4, 0.5) is 5.69 Å². The van der Waals surface area contributed by atoms with Crippen molar-refractivity contribution < 1.29 is 9.72 Å². The number of halogens is 1.